The Balaban J connectivity index is 1.77. The molecule has 1 aliphatic heterocycles. The minimum Gasteiger partial charge on any atom is -0.313 e. The van der Waals surface area contributed by atoms with Crippen LogP contribution in [0.15, 0.2) is 12.3 Å². The van der Waals surface area contributed by atoms with Gasteiger partial charge in [-0.25, -0.2) is 8.42 Å². The molecule has 17 heavy (non-hydrogen) atoms. The van der Waals surface area contributed by atoms with Crippen LogP contribution >= 0.6 is 0 Å². The van der Waals surface area contributed by atoms with Crippen molar-refractivity contribution in [3.05, 3.63) is 18.0 Å². The third-order valence-electron chi connectivity index (χ3n) is 3.20. The molecule has 96 valence electrons. The van der Waals surface area contributed by atoms with E-state index in [0.29, 0.717) is 11.5 Å². The van der Waals surface area contributed by atoms with Crippen molar-refractivity contribution in [2.45, 2.75) is 25.3 Å². The van der Waals surface area contributed by atoms with Crippen molar-refractivity contribution in [2.24, 2.45) is 7.05 Å². The van der Waals surface area contributed by atoms with Gasteiger partial charge in [-0.3, -0.25) is 4.68 Å². The highest BCUT2D eigenvalue weighted by Gasteiger charge is 2.23. The molecule has 1 unspecified atom stereocenters. The van der Waals surface area contributed by atoms with Gasteiger partial charge < -0.3 is 5.32 Å². The molecule has 1 aromatic heterocycles. The minimum absolute atomic E-state index is 0.127. The monoisotopic (exact) mass is 257 g/mol. The van der Waals surface area contributed by atoms with Gasteiger partial charge >= 0.3 is 0 Å². The van der Waals surface area contributed by atoms with E-state index in [4.69, 9.17) is 0 Å². The van der Waals surface area contributed by atoms with Crippen LogP contribution in [0.25, 0.3) is 0 Å². The fourth-order valence-corrected chi connectivity index (χ4v) is 3.91. The molecule has 1 saturated heterocycles. The molecule has 2 rings (SSSR count). The summed E-state index contributed by atoms with van der Waals surface area (Å²) in [6.45, 7) is 0.805. The third kappa shape index (κ3) is 3.54. The lowest BCUT2D eigenvalue weighted by atomic mass is 10.2. The standard InChI is InChI=1S/C11H19N3O2S/c1-14-11(5-7-13-14)4-6-12-10-3-2-8-17(15,16)9-10/h5,7,10,12H,2-4,6,8-9H2,1H3. The normalized spacial score (nSPS) is 23.7. The zero-order valence-corrected chi connectivity index (χ0v) is 10.9. The molecule has 0 saturated carbocycles. The van der Waals surface area contributed by atoms with Gasteiger partial charge in [0, 0.05) is 37.9 Å². The summed E-state index contributed by atoms with van der Waals surface area (Å²) in [6, 6.07) is 2.11. The fourth-order valence-electron chi connectivity index (χ4n) is 2.23. The topological polar surface area (TPSA) is 64.0 Å². The second kappa shape index (κ2) is 5.18. The van der Waals surface area contributed by atoms with Gasteiger partial charge in [0.25, 0.3) is 0 Å². The maximum absolute atomic E-state index is 11.5. The number of aromatic nitrogens is 2. The van der Waals surface area contributed by atoms with Crippen molar-refractivity contribution in [3.8, 4) is 0 Å². The number of nitrogens with zero attached hydrogens (tertiary/aromatic N) is 2. The first-order valence-corrected chi connectivity index (χ1v) is 7.80. The van der Waals surface area contributed by atoms with Crippen molar-refractivity contribution in [3.63, 3.8) is 0 Å². The Labute approximate surface area is 102 Å². The van der Waals surface area contributed by atoms with Crippen molar-refractivity contribution in [1.82, 2.24) is 15.1 Å². The molecular formula is C11H19N3O2S. The molecule has 5 nitrogen and oxygen atoms in total. The number of aryl methyl sites for hydroxylation is 1. The Hall–Kier alpha value is -0.880. The van der Waals surface area contributed by atoms with Crippen LogP contribution in [0.2, 0.25) is 0 Å². The smallest absolute Gasteiger partial charge is 0.151 e. The van der Waals surface area contributed by atoms with Gasteiger partial charge in [0.15, 0.2) is 9.84 Å². The molecule has 2 heterocycles. The van der Waals surface area contributed by atoms with Gasteiger partial charge in [0.1, 0.15) is 0 Å². The second-order valence-electron chi connectivity index (χ2n) is 4.60. The summed E-state index contributed by atoms with van der Waals surface area (Å²) in [6.07, 6.45) is 4.41. The van der Waals surface area contributed by atoms with Crippen LogP contribution in [0, 0.1) is 0 Å². The Morgan fingerprint density at radius 3 is 3.06 bits per heavy atom. The fraction of sp³-hybridized carbons (Fsp3) is 0.727. The van der Waals surface area contributed by atoms with Crippen LogP contribution in [-0.4, -0.2) is 42.3 Å². The van der Waals surface area contributed by atoms with Gasteiger partial charge in [-0.2, -0.15) is 5.10 Å². The SMILES string of the molecule is Cn1nccc1CCNC1CCCS(=O)(=O)C1. The predicted molar refractivity (Wildman–Crippen MR) is 66.6 cm³/mol. The van der Waals surface area contributed by atoms with Gasteiger partial charge in [-0.15, -0.1) is 0 Å². The first-order chi connectivity index (χ1) is 8.07. The van der Waals surface area contributed by atoms with E-state index in [2.05, 4.69) is 10.4 Å². The molecule has 0 aliphatic carbocycles. The van der Waals surface area contributed by atoms with E-state index in [1.54, 1.807) is 6.20 Å². The second-order valence-corrected chi connectivity index (χ2v) is 6.83. The molecule has 1 aliphatic rings. The summed E-state index contributed by atoms with van der Waals surface area (Å²) >= 11 is 0. The molecule has 0 radical (unpaired) electrons. The molecular weight excluding hydrogens is 238 g/mol. The quantitative estimate of drug-likeness (QED) is 0.833. The Bertz CT molecular complexity index is 467. The maximum atomic E-state index is 11.5. The van der Waals surface area contributed by atoms with Crippen molar-refractivity contribution >= 4 is 9.84 Å². The van der Waals surface area contributed by atoms with E-state index in [-0.39, 0.29) is 6.04 Å². The Kier molecular flexibility index (Phi) is 3.83. The number of hydrogen-bond donors (Lipinski definition) is 1. The summed E-state index contributed by atoms with van der Waals surface area (Å²) in [5.41, 5.74) is 1.16. The zero-order valence-electron chi connectivity index (χ0n) is 10.1. The molecule has 6 heteroatoms. The molecule has 0 spiro atoms. The summed E-state index contributed by atoms with van der Waals surface area (Å²) < 4.78 is 24.8. The number of sulfone groups is 1. The van der Waals surface area contributed by atoms with E-state index in [9.17, 15) is 8.42 Å². The van der Waals surface area contributed by atoms with E-state index in [0.717, 1.165) is 31.5 Å². The lowest BCUT2D eigenvalue weighted by molar-refractivity contribution is 0.480. The van der Waals surface area contributed by atoms with Crippen molar-refractivity contribution in [1.29, 1.82) is 0 Å². The third-order valence-corrected chi connectivity index (χ3v) is 5.02. The average Bonchev–Trinajstić information content (AvgIpc) is 2.63. The highest BCUT2D eigenvalue weighted by Crippen LogP contribution is 2.11. The van der Waals surface area contributed by atoms with Gasteiger partial charge in [0.05, 0.1) is 11.5 Å². The van der Waals surface area contributed by atoms with Crippen molar-refractivity contribution in [2.75, 3.05) is 18.1 Å². The number of hydrogen-bond acceptors (Lipinski definition) is 4. The van der Waals surface area contributed by atoms with Gasteiger partial charge in [0.2, 0.25) is 0 Å². The summed E-state index contributed by atoms with van der Waals surface area (Å²) in [5, 5.41) is 7.42. The van der Waals surface area contributed by atoms with Crippen LogP contribution in [-0.2, 0) is 23.3 Å². The number of rotatable bonds is 4. The minimum atomic E-state index is -2.80. The van der Waals surface area contributed by atoms with E-state index in [1.807, 2.05) is 17.8 Å². The predicted octanol–water partition coefficient (Wildman–Crippen LogP) is 0.129. The first kappa shape index (κ1) is 12.6. The zero-order chi connectivity index (χ0) is 12.3. The van der Waals surface area contributed by atoms with Crippen LogP contribution in [0.5, 0.6) is 0 Å². The molecule has 0 amide bonds. The van der Waals surface area contributed by atoms with Crippen LogP contribution in [0.3, 0.4) is 0 Å². The largest absolute Gasteiger partial charge is 0.313 e. The first-order valence-electron chi connectivity index (χ1n) is 5.97. The number of nitrogens with one attached hydrogen (secondary N) is 1. The van der Waals surface area contributed by atoms with E-state index >= 15 is 0 Å². The van der Waals surface area contributed by atoms with E-state index < -0.39 is 9.84 Å². The highest BCUT2D eigenvalue weighted by molar-refractivity contribution is 7.91. The molecule has 1 atom stereocenters. The van der Waals surface area contributed by atoms with Gasteiger partial charge in [-0.1, -0.05) is 0 Å². The Morgan fingerprint density at radius 1 is 1.59 bits per heavy atom. The molecule has 1 N–H and O–H groups in total. The summed E-state index contributed by atoms with van der Waals surface area (Å²) in [4.78, 5) is 0. The van der Waals surface area contributed by atoms with Crippen LogP contribution < -0.4 is 5.32 Å². The average molecular weight is 257 g/mol. The molecule has 1 fully saturated rings. The van der Waals surface area contributed by atoms with E-state index in [1.165, 1.54) is 0 Å². The lowest BCUT2D eigenvalue weighted by Gasteiger charge is -2.23. The van der Waals surface area contributed by atoms with Gasteiger partial charge in [-0.05, 0) is 18.9 Å². The molecule has 0 bridgehead atoms. The molecule has 1 aromatic rings. The maximum Gasteiger partial charge on any atom is 0.151 e. The lowest BCUT2D eigenvalue weighted by Crippen LogP contribution is -2.41. The highest BCUT2D eigenvalue weighted by atomic mass is 32.2. The van der Waals surface area contributed by atoms with Crippen LogP contribution in [0.4, 0.5) is 0 Å². The van der Waals surface area contributed by atoms with Crippen LogP contribution in [0.1, 0.15) is 18.5 Å². The van der Waals surface area contributed by atoms with Crippen molar-refractivity contribution < 1.29 is 8.42 Å². The Morgan fingerprint density at radius 2 is 2.41 bits per heavy atom. The summed E-state index contributed by atoms with van der Waals surface area (Å²) in [7, 11) is -0.887. The summed E-state index contributed by atoms with van der Waals surface area (Å²) in [5.74, 6) is 0.644. The molecule has 0 aromatic carbocycles.